The van der Waals surface area contributed by atoms with E-state index in [-0.39, 0.29) is 5.57 Å². The lowest BCUT2D eigenvalue weighted by atomic mass is 9.83. The first-order valence-electron chi connectivity index (χ1n) is 6.45. The fraction of sp³-hybridized carbons (Fsp3) is 0.375. The summed E-state index contributed by atoms with van der Waals surface area (Å²) in [6, 6.07) is 12.0. The summed E-state index contributed by atoms with van der Waals surface area (Å²) < 4.78 is 0. The summed E-state index contributed by atoms with van der Waals surface area (Å²) in [5.41, 5.74) is 2.46. The normalized spacial score (nSPS) is 15.4. The van der Waals surface area contributed by atoms with Gasteiger partial charge < -0.3 is 0 Å². The van der Waals surface area contributed by atoms with E-state index in [0.717, 1.165) is 5.56 Å². The van der Waals surface area contributed by atoms with Crippen LogP contribution < -0.4 is 0 Å². The second-order valence-corrected chi connectivity index (χ2v) is 4.79. The van der Waals surface area contributed by atoms with Gasteiger partial charge in [0.05, 0.1) is 0 Å². The lowest BCUT2D eigenvalue weighted by Crippen LogP contribution is -2.04. The molecule has 0 amide bonds. The van der Waals surface area contributed by atoms with Crippen LogP contribution in [0.15, 0.2) is 29.8 Å². The van der Waals surface area contributed by atoms with Crippen molar-refractivity contribution < 1.29 is 0 Å². The minimum atomic E-state index is 0.163. The molecule has 0 saturated heterocycles. The molecule has 2 heteroatoms. The predicted octanol–water partition coefficient (Wildman–Crippen LogP) is 4.16. The van der Waals surface area contributed by atoms with Gasteiger partial charge >= 0.3 is 0 Å². The molecule has 0 N–H and O–H groups in total. The Kier molecular flexibility index (Phi) is 4.15. The summed E-state index contributed by atoms with van der Waals surface area (Å²) in [5.74, 6) is 0.653. The van der Waals surface area contributed by atoms with Crippen molar-refractivity contribution in [3.8, 4) is 12.1 Å². The highest BCUT2D eigenvalue weighted by Gasteiger charge is 2.15. The smallest absolute Gasteiger partial charge is 0.130 e. The maximum absolute atomic E-state index is 8.76. The topological polar surface area (TPSA) is 47.6 Å². The van der Waals surface area contributed by atoms with Crippen molar-refractivity contribution in [3.05, 3.63) is 41.0 Å². The number of hydrogen-bond donors (Lipinski definition) is 0. The van der Waals surface area contributed by atoms with E-state index in [9.17, 15) is 0 Å². The summed E-state index contributed by atoms with van der Waals surface area (Å²) in [7, 11) is 0. The standard InChI is InChI=1S/C16H16N2/c17-11-14(12-18)9-13-5-4-8-16(10-13)15-6-2-1-3-7-15/h4-5,8-10,15H,1-3,6-7H2. The van der Waals surface area contributed by atoms with E-state index in [1.807, 2.05) is 24.3 Å². The molecule has 0 bridgehead atoms. The van der Waals surface area contributed by atoms with Crippen LogP contribution in [0, 0.1) is 22.7 Å². The van der Waals surface area contributed by atoms with Crippen molar-refractivity contribution in [3.63, 3.8) is 0 Å². The number of rotatable bonds is 2. The molecule has 0 unspecified atom stereocenters. The SMILES string of the molecule is N#CC(C#N)=Cc1cccc(C2CCCCC2)c1. The monoisotopic (exact) mass is 236 g/mol. The molecule has 0 radical (unpaired) electrons. The third-order valence-corrected chi connectivity index (χ3v) is 3.54. The zero-order valence-corrected chi connectivity index (χ0v) is 10.4. The molecule has 1 fully saturated rings. The van der Waals surface area contributed by atoms with Crippen LogP contribution in [-0.4, -0.2) is 0 Å². The van der Waals surface area contributed by atoms with Crippen LogP contribution in [0.4, 0.5) is 0 Å². The molecular formula is C16H16N2. The van der Waals surface area contributed by atoms with Gasteiger partial charge in [0.25, 0.3) is 0 Å². The van der Waals surface area contributed by atoms with Crippen molar-refractivity contribution in [1.29, 1.82) is 10.5 Å². The quantitative estimate of drug-likeness (QED) is 0.724. The molecule has 0 atom stereocenters. The molecule has 2 rings (SSSR count). The third-order valence-electron chi connectivity index (χ3n) is 3.54. The van der Waals surface area contributed by atoms with E-state index in [1.165, 1.54) is 37.7 Å². The van der Waals surface area contributed by atoms with E-state index in [0.29, 0.717) is 5.92 Å². The Balaban J connectivity index is 2.23. The van der Waals surface area contributed by atoms with E-state index < -0.39 is 0 Å². The molecule has 0 aliphatic heterocycles. The second-order valence-electron chi connectivity index (χ2n) is 4.79. The molecule has 0 heterocycles. The van der Waals surface area contributed by atoms with Gasteiger partial charge in [-0.05, 0) is 36.0 Å². The Bertz CT molecular complexity index is 507. The molecule has 1 aliphatic rings. The highest BCUT2D eigenvalue weighted by molar-refractivity contribution is 5.62. The van der Waals surface area contributed by atoms with Crippen molar-refractivity contribution >= 4 is 6.08 Å². The Morgan fingerprint density at radius 2 is 1.83 bits per heavy atom. The first-order valence-corrected chi connectivity index (χ1v) is 6.45. The molecule has 2 nitrogen and oxygen atoms in total. The van der Waals surface area contributed by atoms with Gasteiger partial charge in [-0.3, -0.25) is 0 Å². The fourth-order valence-corrected chi connectivity index (χ4v) is 2.59. The van der Waals surface area contributed by atoms with Gasteiger partial charge in [0.2, 0.25) is 0 Å². The molecule has 0 spiro atoms. The number of nitriles is 2. The van der Waals surface area contributed by atoms with Crippen molar-refractivity contribution in [2.24, 2.45) is 0 Å². The third kappa shape index (κ3) is 2.99. The van der Waals surface area contributed by atoms with E-state index in [1.54, 1.807) is 6.08 Å². The van der Waals surface area contributed by atoms with Crippen molar-refractivity contribution in [1.82, 2.24) is 0 Å². The number of allylic oxidation sites excluding steroid dienone is 1. The molecule has 1 aliphatic carbocycles. The summed E-state index contributed by atoms with van der Waals surface area (Å²) in [6.07, 6.45) is 8.15. The highest BCUT2D eigenvalue weighted by atomic mass is 14.3. The second kappa shape index (κ2) is 6.03. The average Bonchev–Trinajstić information content (AvgIpc) is 2.46. The van der Waals surface area contributed by atoms with Crippen LogP contribution in [0.3, 0.4) is 0 Å². The Labute approximate surface area is 108 Å². The fourth-order valence-electron chi connectivity index (χ4n) is 2.59. The Morgan fingerprint density at radius 3 is 2.50 bits per heavy atom. The van der Waals surface area contributed by atoms with Gasteiger partial charge in [-0.1, -0.05) is 43.5 Å². The van der Waals surface area contributed by atoms with Gasteiger partial charge in [-0.15, -0.1) is 0 Å². The maximum Gasteiger partial charge on any atom is 0.130 e. The molecule has 18 heavy (non-hydrogen) atoms. The number of benzene rings is 1. The molecule has 1 aromatic carbocycles. The highest BCUT2D eigenvalue weighted by Crippen LogP contribution is 2.32. The number of hydrogen-bond acceptors (Lipinski definition) is 2. The maximum atomic E-state index is 8.76. The van der Waals surface area contributed by atoms with Gasteiger partial charge in [0.1, 0.15) is 17.7 Å². The summed E-state index contributed by atoms with van der Waals surface area (Å²) >= 11 is 0. The molecule has 1 saturated carbocycles. The van der Waals surface area contributed by atoms with E-state index >= 15 is 0 Å². The minimum absolute atomic E-state index is 0.163. The lowest BCUT2D eigenvalue weighted by molar-refractivity contribution is 0.443. The zero-order chi connectivity index (χ0) is 12.8. The summed E-state index contributed by atoms with van der Waals surface area (Å²) in [6.45, 7) is 0. The van der Waals surface area contributed by atoms with Crippen LogP contribution in [0.1, 0.15) is 49.1 Å². The Hall–Kier alpha value is -2.06. The van der Waals surface area contributed by atoms with E-state index in [4.69, 9.17) is 10.5 Å². The van der Waals surface area contributed by atoms with E-state index in [2.05, 4.69) is 12.1 Å². The largest absolute Gasteiger partial charge is 0.192 e. The molecule has 0 aromatic heterocycles. The van der Waals surface area contributed by atoms with Gasteiger partial charge in [-0.2, -0.15) is 10.5 Å². The Morgan fingerprint density at radius 1 is 1.11 bits per heavy atom. The minimum Gasteiger partial charge on any atom is -0.192 e. The van der Waals surface area contributed by atoms with Crippen molar-refractivity contribution in [2.75, 3.05) is 0 Å². The first-order chi connectivity index (χ1) is 8.83. The van der Waals surface area contributed by atoms with Crippen LogP contribution in [-0.2, 0) is 0 Å². The lowest BCUT2D eigenvalue weighted by Gasteiger charge is -2.22. The summed E-state index contributed by atoms with van der Waals surface area (Å²) in [4.78, 5) is 0. The predicted molar refractivity (Wildman–Crippen MR) is 71.5 cm³/mol. The van der Waals surface area contributed by atoms with Crippen LogP contribution in [0.2, 0.25) is 0 Å². The van der Waals surface area contributed by atoms with Crippen LogP contribution >= 0.6 is 0 Å². The summed E-state index contributed by atoms with van der Waals surface area (Å²) in [5, 5.41) is 17.5. The molecular weight excluding hydrogens is 220 g/mol. The van der Waals surface area contributed by atoms with Gasteiger partial charge in [-0.25, -0.2) is 0 Å². The average molecular weight is 236 g/mol. The van der Waals surface area contributed by atoms with Gasteiger partial charge in [0.15, 0.2) is 0 Å². The zero-order valence-electron chi connectivity index (χ0n) is 10.4. The number of nitrogens with zero attached hydrogens (tertiary/aromatic N) is 2. The van der Waals surface area contributed by atoms with Gasteiger partial charge in [0, 0.05) is 0 Å². The van der Waals surface area contributed by atoms with Crippen molar-refractivity contribution in [2.45, 2.75) is 38.0 Å². The van der Waals surface area contributed by atoms with Crippen LogP contribution in [0.5, 0.6) is 0 Å². The molecule has 1 aromatic rings. The molecule has 90 valence electrons. The first kappa shape index (κ1) is 12.4. The van der Waals surface area contributed by atoms with Crippen LogP contribution in [0.25, 0.3) is 6.08 Å².